The van der Waals surface area contributed by atoms with Crippen molar-refractivity contribution in [3.8, 4) is 0 Å². The van der Waals surface area contributed by atoms with Crippen molar-refractivity contribution in [2.24, 2.45) is 0 Å². The van der Waals surface area contributed by atoms with Crippen molar-refractivity contribution in [3.05, 3.63) is 52.8 Å². The first-order chi connectivity index (χ1) is 13.5. The monoisotopic (exact) mass is 381 g/mol. The molecule has 2 aliphatic rings. The number of amides is 1. The lowest BCUT2D eigenvalue weighted by Gasteiger charge is -2.41. The van der Waals surface area contributed by atoms with Gasteiger partial charge in [0.15, 0.2) is 0 Å². The molecule has 1 N–H and O–H groups in total. The van der Waals surface area contributed by atoms with Gasteiger partial charge >= 0.3 is 0 Å². The number of nitrogens with zero attached hydrogens (tertiary/aromatic N) is 2. The lowest BCUT2D eigenvalue weighted by molar-refractivity contribution is 0.0592. The van der Waals surface area contributed by atoms with Crippen LogP contribution < -0.4 is 5.32 Å². The van der Waals surface area contributed by atoms with Crippen LogP contribution in [0.2, 0.25) is 0 Å². The number of nitrogens with one attached hydrogen (secondary N) is 1. The highest BCUT2D eigenvalue weighted by atomic mass is 16.5. The fourth-order valence-electron chi connectivity index (χ4n) is 4.53. The molecule has 0 aliphatic carbocycles. The number of carbonyl (C=O) groups excluding carboxylic acids is 1. The van der Waals surface area contributed by atoms with Gasteiger partial charge in [0.25, 0.3) is 5.91 Å². The van der Waals surface area contributed by atoms with E-state index in [9.17, 15) is 4.79 Å². The Morgan fingerprint density at radius 1 is 1.29 bits per heavy atom. The van der Waals surface area contributed by atoms with Crippen molar-refractivity contribution in [3.63, 3.8) is 0 Å². The minimum atomic E-state index is -0.151. The van der Waals surface area contributed by atoms with Crippen LogP contribution in [0, 0.1) is 13.8 Å². The molecule has 2 aliphatic heterocycles. The van der Waals surface area contributed by atoms with Crippen LogP contribution in [0.4, 0.5) is 5.69 Å². The van der Waals surface area contributed by atoms with Gasteiger partial charge in [0.1, 0.15) is 6.17 Å². The van der Waals surface area contributed by atoms with E-state index in [1.54, 1.807) is 0 Å². The molecule has 0 radical (unpaired) electrons. The summed E-state index contributed by atoms with van der Waals surface area (Å²) in [5.74, 6) is 0.109. The van der Waals surface area contributed by atoms with Crippen molar-refractivity contribution < 1.29 is 9.53 Å². The number of hydrogen-bond donors (Lipinski definition) is 1. The number of hydrogen-bond acceptors (Lipinski definition) is 3. The first-order valence-corrected chi connectivity index (χ1v) is 10.5. The lowest BCUT2D eigenvalue weighted by Crippen LogP contribution is -2.47. The molecule has 1 aromatic heterocycles. The second-order valence-corrected chi connectivity index (χ2v) is 8.13. The molecule has 4 rings (SSSR count). The molecule has 0 saturated carbocycles. The molecule has 3 atom stereocenters. The standard InChI is InChI=1S/C23H31N3O2/c1-5-15(2)26-22(24-21-11-7-6-10-19(21)23(26)27)20-13-16(3)25(17(20)4)14-18-9-8-12-28-18/h6-7,10-11,13,15,18,22,24H,5,8-9,12,14H2,1-4H3/t15-,18+,22-/m1/s1. The zero-order valence-electron chi connectivity index (χ0n) is 17.4. The van der Waals surface area contributed by atoms with E-state index in [2.05, 4.69) is 43.6 Å². The number of aromatic nitrogens is 1. The van der Waals surface area contributed by atoms with Crippen LogP contribution >= 0.6 is 0 Å². The zero-order chi connectivity index (χ0) is 19.8. The third-order valence-electron chi connectivity index (χ3n) is 6.35. The van der Waals surface area contributed by atoms with Gasteiger partial charge in [-0.1, -0.05) is 19.1 Å². The minimum Gasteiger partial charge on any atom is -0.376 e. The average Bonchev–Trinajstić information content (AvgIpc) is 3.31. The van der Waals surface area contributed by atoms with E-state index in [4.69, 9.17) is 4.74 Å². The van der Waals surface area contributed by atoms with Gasteiger partial charge in [-0.3, -0.25) is 4.79 Å². The van der Waals surface area contributed by atoms with Crippen LogP contribution in [0.15, 0.2) is 30.3 Å². The quantitative estimate of drug-likeness (QED) is 0.820. The number of ether oxygens (including phenoxy) is 1. The Labute approximate surface area is 167 Å². The number of carbonyl (C=O) groups is 1. The van der Waals surface area contributed by atoms with Crippen LogP contribution in [0.3, 0.4) is 0 Å². The zero-order valence-corrected chi connectivity index (χ0v) is 17.4. The molecule has 1 fully saturated rings. The van der Waals surface area contributed by atoms with E-state index in [1.807, 2.05) is 29.2 Å². The number of anilines is 1. The number of benzene rings is 1. The Morgan fingerprint density at radius 3 is 2.79 bits per heavy atom. The molecular weight excluding hydrogens is 350 g/mol. The third kappa shape index (κ3) is 3.22. The van der Waals surface area contributed by atoms with E-state index in [1.165, 1.54) is 17.0 Å². The smallest absolute Gasteiger partial charge is 0.258 e. The average molecular weight is 382 g/mol. The maximum absolute atomic E-state index is 13.3. The predicted molar refractivity (Wildman–Crippen MR) is 112 cm³/mol. The van der Waals surface area contributed by atoms with Crippen LogP contribution in [0.5, 0.6) is 0 Å². The molecular formula is C23H31N3O2. The SMILES string of the molecule is CC[C@@H](C)N1C(=O)c2ccccc2N[C@H]1c1cc(C)n(C[C@@H]2CCCO2)c1C. The molecule has 0 unspecified atom stereocenters. The molecule has 5 heteroatoms. The molecule has 5 nitrogen and oxygen atoms in total. The Kier molecular flexibility index (Phi) is 5.19. The summed E-state index contributed by atoms with van der Waals surface area (Å²) in [6.45, 7) is 10.3. The van der Waals surface area contributed by atoms with Crippen LogP contribution in [-0.4, -0.2) is 34.1 Å². The van der Waals surface area contributed by atoms with Gasteiger partial charge in [-0.25, -0.2) is 0 Å². The Hall–Kier alpha value is -2.27. The fraction of sp³-hybridized carbons (Fsp3) is 0.522. The van der Waals surface area contributed by atoms with E-state index >= 15 is 0 Å². The maximum Gasteiger partial charge on any atom is 0.258 e. The molecule has 1 aromatic carbocycles. The van der Waals surface area contributed by atoms with Crippen molar-refractivity contribution >= 4 is 11.6 Å². The molecule has 0 spiro atoms. The summed E-state index contributed by atoms with van der Waals surface area (Å²) in [6.07, 6.45) is 3.33. The summed E-state index contributed by atoms with van der Waals surface area (Å²) < 4.78 is 8.21. The molecule has 1 amide bonds. The van der Waals surface area contributed by atoms with Crippen LogP contribution in [0.1, 0.15) is 66.6 Å². The van der Waals surface area contributed by atoms with Gasteiger partial charge < -0.3 is 19.5 Å². The second kappa shape index (κ2) is 7.63. The molecule has 28 heavy (non-hydrogen) atoms. The van der Waals surface area contributed by atoms with Crippen molar-refractivity contribution in [2.45, 2.75) is 71.8 Å². The van der Waals surface area contributed by atoms with Crippen molar-refractivity contribution in [1.29, 1.82) is 0 Å². The summed E-state index contributed by atoms with van der Waals surface area (Å²) in [4.78, 5) is 15.4. The van der Waals surface area contributed by atoms with Gasteiger partial charge in [0.2, 0.25) is 0 Å². The normalized spacial score (nSPS) is 22.9. The summed E-state index contributed by atoms with van der Waals surface area (Å²) >= 11 is 0. The topological polar surface area (TPSA) is 46.5 Å². The van der Waals surface area contributed by atoms with Gasteiger partial charge in [-0.2, -0.15) is 0 Å². The van der Waals surface area contributed by atoms with Crippen LogP contribution in [0.25, 0.3) is 0 Å². The highest BCUT2D eigenvalue weighted by Crippen LogP contribution is 2.37. The lowest BCUT2D eigenvalue weighted by atomic mass is 10.0. The summed E-state index contributed by atoms with van der Waals surface area (Å²) in [5, 5.41) is 3.64. The van der Waals surface area contributed by atoms with Gasteiger partial charge in [0, 0.05) is 41.8 Å². The van der Waals surface area contributed by atoms with Crippen LogP contribution in [-0.2, 0) is 11.3 Å². The van der Waals surface area contributed by atoms with E-state index in [0.717, 1.165) is 43.7 Å². The molecule has 2 aromatic rings. The van der Waals surface area contributed by atoms with Crippen molar-refractivity contribution in [1.82, 2.24) is 9.47 Å². The number of fused-ring (bicyclic) bond motifs is 1. The summed E-state index contributed by atoms with van der Waals surface area (Å²) in [7, 11) is 0. The number of rotatable bonds is 5. The largest absolute Gasteiger partial charge is 0.376 e. The number of para-hydroxylation sites is 1. The highest BCUT2D eigenvalue weighted by Gasteiger charge is 2.37. The fourth-order valence-corrected chi connectivity index (χ4v) is 4.53. The van der Waals surface area contributed by atoms with Gasteiger partial charge in [-0.15, -0.1) is 0 Å². The predicted octanol–water partition coefficient (Wildman–Crippen LogP) is 4.65. The van der Waals surface area contributed by atoms with Crippen molar-refractivity contribution in [2.75, 3.05) is 11.9 Å². The summed E-state index contributed by atoms with van der Waals surface area (Å²) in [5.41, 5.74) is 5.29. The molecule has 0 bridgehead atoms. The highest BCUT2D eigenvalue weighted by molar-refractivity contribution is 6.01. The minimum absolute atomic E-state index is 0.109. The van der Waals surface area contributed by atoms with Gasteiger partial charge in [0.05, 0.1) is 11.7 Å². The maximum atomic E-state index is 13.3. The summed E-state index contributed by atoms with van der Waals surface area (Å²) in [6, 6.07) is 10.2. The Balaban J connectivity index is 1.73. The Morgan fingerprint density at radius 2 is 2.07 bits per heavy atom. The van der Waals surface area contributed by atoms with E-state index in [0.29, 0.717) is 6.10 Å². The third-order valence-corrected chi connectivity index (χ3v) is 6.35. The first-order valence-electron chi connectivity index (χ1n) is 10.5. The number of aryl methyl sites for hydroxylation is 1. The molecule has 150 valence electrons. The molecule has 1 saturated heterocycles. The molecule has 3 heterocycles. The first kappa shape index (κ1) is 19.1. The Bertz CT molecular complexity index is 867. The van der Waals surface area contributed by atoms with E-state index < -0.39 is 0 Å². The second-order valence-electron chi connectivity index (χ2n) is 8.13. The van der Waals surface area contributed by atoms with Gasteiger partial charge in [-0.05, 0) is 58.2 Å². The van der Waals surface area contributed by atoms with E-state index in [-0.39, 0.29) is 18.1 Å².